The maximum absolute atomic E-state index is 5.84. The van der Waals surface area contributed by atoms with E-state index in [9.17, 15) is 0 Å². The van der Waals surface area contributed by atoms with Crippen LogP contribution >= 0.6 is 0 Å². The topological polar surface area (TPSA) is 63.7 Å². The molecule has 3 rings (SSSR count). The van der Waals surface area contributed by atoms with Gasteiger partial charge in [0, 0.05) is 19.7 Å². The van der Waals surface area contributed by atoms with Gasteiger partial charge in [-0.15, -0.1) is 0 Å². The van der Waals surface area contributed by atoms with Gasteiger partial charge in [-0.3, -0.25) is 0 Å². The zero-order valence-corrected chi connectivity index (χ0v) is 11.5. The maximum Gasteiger partial charge on any atom is 0.195 e. The summed E-state index contributed by atoms with van der Waals surface area (Å²) in [4.78, 5) is 2.04. The van der Waals surface area contributed by atoms with Crippen molar-refractivity contribution in [2.75, 3.05) is 17.3 Å². The van der Waals surface area contributed by atoms with Crippen molar-refractivity contribution < 1.29 is 9.15 Å². The number of fused-ring (bicyclic) bond motifs is 1. The van der Waals surface area contributed by atoms with Crippen molar-refractivity contribution in [2.24, 2.45) is 5.73 Å². The van der Waals surface area contributed by atoms with E-state index in [4.69, 9.17) is 14.9 Å². The molecule has 2 heterocycles. The van der Waals surface area contributed by atoms with Crippen LogP contribution in [0.4, 0.5) is 11.6 Å². The quantitative estimate of drug-likeness (QED) is 0.898. The number of nitrogens with two attached hydrogens (primary N) is 1. The van der Waals surface area contributed by atoms with E-state index in [0.717, 1.165) is 29.4 Å². The van der Waals surface area contributed by atoms with E-state index >= 15 is 0 Å². The van der Waals surface area contributed by atoms with Crippen molar-refractivity contribution >= 4 is 11.6 Å². The SMILES string of the molecule is CC1=C(N)Nc2cc(CN(C)c3ccco3)ccc2O1. The molecule has 0 aliphatic carbocycles. The molecule has 3 N–H and O–H groups in total. The van der Waals surface area contributed by atoms with E-state index in [1.807, 2.05) is 49.2 Å². The Kier molecular flexibility index (Phi) is 3.02. The molecule has 5 heteroatoms. The Labute approximate surface area is 117 Å². The van der Waals surface area contributed by atoms with E-state index in [1.54, 1.807) is 6.26 Å². The summed E-state index contributed by atoms with van der Waals surface area (Å²) in [5.41, 5.74) is 7.87. The van der Waals surface area contributed by atoms with Crippen LogP contribution in [-0.2, 0) is 6.54 Å². The Morgan fingerprint density at radius 3 is 2.90 bits per heavy atom. The Morgan fingerprint density at radius 1 is 1.30 bits per heavy atom. The van der Waals surface area contributed by atoms with Gasteiger partial charge in [0.1, 0.15) is 11.6 Å². The number of nitrogens with one attached hydrogen (secondary N) is 1. The van der Waals surface area contributed by atoms with Crippen LogP contribution < -0.4 is 20.7 Å². The number of hydrogen-bond donors (Lipinski definition) is 2. The Balaban J connectivity index is 1.79. The average molecular weight is 271 g/mol. The number of furan rings is 1. The second-order valence-electron chi connectivity index (χ2n) is 4.83. The first kappa shape index (κ1) is 12.5. The van der Waals surface area contributed by atoms with Gasteiger partial charge in [0.15, 0.2) is 11.6 Å². The lowest BCUT2D eigenvalue weighted by Crippen LogP contribution is -2.20. The fourth-order valence-electron chi connectivity index (χ4n) is 2.15. The van der Waals surface area contributed by atoms with Crippen LogP contribution in [0, 0.1) is 0 Å². The van der Waals surface area contributed by atoms with Gasteiger partial charge in [0.25, 0.3) is 0 Å². The number of nitrogens with zero attached hydrogens (tertiary/aromatic N) is 1. The molecule has 0 fully saturated rings. The van der Waals surface area contributed by atoms with Crippen LogP contribution in [0.5, 0.6) is 5.75 Å². The van der Waals surface area contributed by atoms with E-state index in [1.165, 1.54) is 0 Å². The van der Waals surface area contributed by atoms with Gasteiger partial charge in [-0.05, 0) is 30.7 Å². The Bertz CT molecular complexity index is 647. The van der Waals surface area contributed by atoms with Crippen molar-refractivity contribution in [3.63, 3.8) is 0 Å². The summed E-state index contributed by atoms with van der Waals surface area (Å²) < 4.78 is 11.0. The molecule has 0 atom stereocenters. The van der Waals surface area contributed by atoms with E-state index in [-0.39, 0.29) is 0 Å². The number of rotatable bonds is 3. The predicted octanol–water partition coefficient (Wildman–Crippen LogP) is 2.87. The zero-order valence-electron chi connectivity index (χ0n) is 11.5. The molecule has 0 amide bonds. The number of benzene rings is 1. The number of hydrogen-bond acceptors (Lipinski definition) is 5. The first-order chi connectivity index (χ1) is 9.63. The average Bonchev–Trinajstić information content (AvgIpc) is 2.94. The van der Waals surface area contributed by atoms with E-state index in [2.05, 4.69) is 5.32 Å². The number of allylic oxidation sites excluding steroid dienone is 1. The molecule has 20 heavy (non-hydrogen) atoms. The Hall–Kier alpha value is -2.56. The van der Waals surface area contributed by atoms with Gasteiger partial charge >= 0.3 is 0 Å². The molecule has 1 aliphatic rings. The molecule has 1 aliphatic heterocycles. The monoisotopic (exact) mass is 271 g/mol. The smallest absolute Gasteiger partial charge is 0.195 e. The van der Waals surface area contributed by atoms with Gasteiger partial charge in [0.05, 0.1) is 12.0 Å². The summed E-state index contributed by atoms with van der Waals surface area (Å²) in [7, 11) is 1.99. The lowest BCUT2D eigenvalue weighted by Gasteiger charge is -2.22. The second kappa shape index (κ2) is 4.85. The van der Waals surface area contributed by atoms with Crippen LogP contribution in [0.15, 0.2) is 52.6 Å². The van der Waals surface area contributed by atoms with Crippen molar-refractivity contribution in [2.45, 2.75) is 13.5 Å². The molecule has 5 nitrogen and oxygen atoms in total. The lowest BCUT2D eigenvalue weighted by molar-refractivity contribution is 0.415. The third-order valence-electron chi connectivity index (χ3n) is 3.26. The van der Waals surface area contributed by atoms with Crippen LogP contribution in [0.3, 0.4) is 0 Å². The van der Waals surface area contributed by atoms with E-state index in [0.29, 0.717) is 11.6 Å². The molecular weight excluding hydrogens is 254 g/mol. The fraction of sp³-hybridized carbons (Fsp3) is 0.200. The molecule has 0 saturated heterocycles. The Morgan fingerprint density at radius 2 is 2.15 bits per heavy atom. The summed E-state index contributed by atoms with van der Waals surface area (Å²) in [5.74, 6) is 2.87. The van der Waals surface area contributed by atoms with Crippen LogP contribution in [0.2, 0.25) is 0 Å². The molecule has 2 aromatic rings. The van der Waals surface area contributed by atoms with Gasteiger partial charge in [0.2, 0.25) is 0 Å². The molecular formula is C15H17N3O2. The highest BCUT2D eigenvalue weighted by Crippen LogP contribution is 2.32. The molecule has 0 saturated carbocycles. The van der Waals surface area contributed by atoms with Gasteiger partial charge in [-0.25, -0.2) is 0 Å². The summed E-state index contributed by atoms with van der Waals surface area (Å²) in [6.07, 6.45) is 1.67. The standard InChI is InChI=1S/C15H17N3O2/c1-10-15(16)17-12-8-11(5-6-13(12)20-10)9-18(2)14-4-3-7-19-14/h3-8,17H,9,16H2,1-2H3. The summed E-state index contributed by atoms with van der Waals surface area (Å²) >= 11 is 0. The second-order valence-corrected chi connectivity index (χ2v) is 4.83. The maximum atomic E-state index is 5.84. The minimum Gasteiger partial charge on any atom is -0.456 e. The summed E-state index contributed by atoms with van der Waals surface area (Å²) in [6, 6.07) is 9.83. The minimum absolute atomic E-state index is 0.550. The normalized spacial score (nSPS) is 13.5. The van der Waals surface area contributed by atoms with Crippen molar-refractivity contribution in [3.05, 3.63) is 53.7 Å². The molecule has 1 aromatic heterocycles. The number of ether oxygens (including phenoxy) is 1. The summed E-state index contributed by atoms with van der Waals surface area (Å²) in [5, 5.41) is 3.15. The summed E-state index contributed by atoms with van der Waals surface area (Å²) in [6.45, 7) is 2.58. The highest BCUT2D eigenvalue weighted by molar-refractivity contribution is 5.63. The third kappa shape index (κ3) is 2.30. The van der Waals surface area contributed by atoms with Gasteiger partial charge in [-0.2, -0.15) is 0 Å². The molecule has 0 bridgehead atoms. The van der Waals surface area contributed by atoms with E-state index < -0.39 is 0 Å². The van der Waals surface area contributed by atoms with Crippen LogP contribution in [0.1, 0.15) is 12.5 Å². The fourth-order valence-corrected chi connectivity index (χ4v) is 2.15. The largest absolute Gasteiger partial charge is 0.456 e. The molecule has 0 spiro atoms. The first-order valence-corrected chi connectivity index (χ1v) is 6.42. The van der Waals surface area contributed by atoms with Crippen LogP contribution in [0.25, 0.3) is 0 Å². The molecule has 104 valence electrons. The highest BCUT2D eigenvalue weighted by Gasteiger charge is 2.15. The first-order valence-electron chi connectivity index (χ1n) is 6.42. The predicted molar refractivity (Wildman–Crippen MR) is 78.4 cm³/mol. The zero-order chi connectivity index (χ0) is 14.1. The van der Waals surface area contributed by atoms with Gasteiger partial charge in [-0.1, -0.05) is 6.07 Å². The molecule has 0 radical (unpaired) electrons. The van der Waals surface area contributed by atoms with Crippen molar-refractivity contribution in [3.8, 4) is 5.75 Å². The lowest BCUT2D eigenvalue weighted by atomic mass is 10.1. The number of anilines is 2. The highest BCUT2D eigenvalue weighted by atomic mass is 16.5. The van der Waals surface area contributed by atoms with Crippen molar-refractivity contribution in [1.29, 1.82) is 0 Å². The molecule has 1 aromatic carbocycles. The molecule has 0 unspecified atom stereocenters. The van der Waals surface area contributed by atoms with Crippen molar-refractivity contribution in [1.82, 2.24) is 0 Å². The van der Waals surface area contributed by atoms with Gasteiger partial charge < -0.3 is 25.1 Å². The minimum atomic E-state index is 0.550. The third-order valence-corrected chi connectivity index (χ3v) is 3.26. The van der Waals surface area contributed by atoms with Crippen LogP contribution in [-0.4, -0.2) is 7.05 Å².